The van der Waals surface area contributed by atoms with Crippen molar-refractivity contribution in [1.29, 1.82) is 0 Å². The molecule has 4 atom stereocenters. The van der Waals surface area contributed by atoms with Crippen LogP contribution < -0.4 is 0 Å². The van der Waals surface area contributed by atoms with Crippen LogP contribution in [0, 0.1) is 17.8 Å². The van der Waals surface area contributed by atoms with Gasteiger partial charge in [-0.15, -0.1) is 0 Å². The maximum atomic E-state index is 6.69. The minimum absolute atomic E-state index is 0.0985. The number of hydrogen-bond donors (Lipinski definition) is 0. The Morgan fingerprint density at radius 3 is 2.64 bits per heavy atom. The van der Waals surface area contributed by atoms with Crippen molar-refractivity contribution in [2.45, 2.75) is 37.4 Å². The van der Waals surface area contributed by atoms with E-state index >= 15 is 0 Å². The molecule has 0 spiro atoms. The summed E-state index contributed by atoms with van der Waals surface area (Å²) in [6.07, 6.45) is 16.9. The smallest absolute Gasteiger partial charge is 0.0837 e. The zero-order chi connectivity index (χ0) is 14.6. The van der Waals surface area contributed by atoms with Crippen molar-refractivity contribution in [3.05, 3.63) is 66.3 Å². The molecule has 1 nitrogen and oxygen atoms in total. The fourth-order valence-electron chi connectivity index (χ4n) is 4.73. The van der Waals surface area contributed by atoms with Gasteiger partial charge in [0.1, 0.15) is 0 Å². The standard InChI is InChI=1S/C21H22O/c1-2-6-15(7-3-1)17-12-20-19-9-5-4-8-16(19)13-21(14-17,22-20)18-10-11-18/h1-9,12,16,18-20H,10-11,13-14H2/t16?,19?,20-,21-/m1/s1. The van der Waals surface area contributed by atoms with E-state index in [1.165, 1.54) is 30.4 Å². The van der Waals surface area contributed by atoms with Crippen LogP contribution in [0.2, 0.25) is 0 Å². The van der Waals surface area contributed by atoms with Gasteiger partial charge in [-0.2, -0.15) is 0 Å². The van der Waals surface area contributed by atoms with Gasteiger partial charge < -0.3 is 4.74 Å². The molecule has 2 bridgehead atoms. The number of hydrogen-bond acceptors (Lipinski definition) is 1. The molecule has 2 heterocycles. The first kappa shape index (κ1) is 12.9. The molecular weight excluding hydrogens is 268 g/mol. The lowest BCUT2D eigenvalue weighted by molar-refractivity contribution is -0.155. The zero-order valence-electron chi connectivity index (χ0n) is 12.8. The quantitative estimate of drug-likeness (QED) is 0.762. The molecule has 0 N–H and O–H groups in total. The highest BCUT2D eigenvalue weighted by molar-refractivity contribution is 5.68. The van der Waals surface area contributed by atoms with Crippen LogP contribution in [0.5, 0.6) is 0 Å². The Hall–Kier alpha value is -1.60. The van der Waals surface area contributed by atoms with Gasteiger partial charge in [0.05, 0.1) is 11.7 Å². The Morgan fingerprint density at radius 2 is 1.82 bits per heavy atom. The van der Waals surface area contributed by atoms with Crippen LogP contribution in [0.4, 0.5) is 0 Å². The summed E-state index contributed by atoms with van der Waals surface area (Å²) < 4.78 is 6.69. The van der Waals surface area contributed by atoms with Gasteiger partial charge in [0.2, 0.25) is 0 Å². The van der Waals surface area contributed by atoms with Crippen LogP contribution in [-0.4, -0.2) is 11.7 Å². The maximum absolute atomic E-state index is 6.69. The number of ether oxygens (including phenoxy) is 1. The van der Waals surface area contributed by atoms with E-state index in [1.54, 1.807) is 0 Å². The molecule has 1 heteroatoms. The van der Waals surface area contributed by atoms with Crippen molar-refractivity contribution in [3.63, 3.8) is 0 Å². The molecular formula is C21H22O. The average molecular weight is 290 g/mol. The molecule has 2 aliphatic carbocycles. The topological polar surface area (TPSA) is 9.23 Å². The molecule has 1 aromatic rings. The maximum Gasteiger partial charge on any atom is 0.0837 e. The molecule has 5 rings (SSSR count). The summed E-state index contributed by atoms with van der Waals surface area (Å²) in [6, 6.07) is 10.9. The Balaban J connectivity index is 1.58. The van der Waals surface area contributed by atoms with E-state index in [2.05, 4.69) is 60.7 Å². The minimum atomic E-state index is 0.0985. The lowest BCUT2D eigenvalue weighted by Crippen LogP contribution is -2.52. The lowest BCUT2D eigenvalue weighted by atomic mass is 9.67. The molecule has 4 aliphatic rings. The molecule has 2 unspecified atom stereocenters. The Labute approximate surface area is 132 Å². The average Bonchev–Trinajstić information content (AvgIpc) is 3.41. The fraction of sp³-hybridized carbons (Fsp3) is 0.429. The Morgan fingerprint density at radius 1 is 1.00 bits per heavy atom. The van der Waals surface area contributed by atoms with Crippen molar-refractivity contribution in [1.82, 2.24) is 0 Å². The summed E-state index contributed by atoms with van der Waals surface area (Å²) in [6.45, 7) is 0. The van der Waals surface area contributed by atoms with Gasteiger partial charge in [-0.05, 0) is 42.2 Å². The van der Waals surface area contributed by atoms with Crippen LogP contribution in [0.25, 0.3) is 5.57 Å². The number of fused-ring (bicyclic) bond motifs is 4. The van der Waals surface area contributed by atoms with E-state index in [9.17, 15) is 0 Å². The lowest BCUT2D eigenvalue weighted by Gasteiger charge is -2.51. The Bertz CT molecular complexity index is 664. The molecule has 2 aliphatic heterocycles. The molecule has 112 valence electrons. The second kappa shape index (κ2) is 4.70. The molecule has 1 aromatic carbocycles. The monoisotopic (exact) mass is 290 g/mol. The summed E-state index contributed by atoms with van der Waals surface area (Å²) >= 11 is 0. The summed E-state index contributed by atoms with van der Waals surface area (Å²) in [5.74, 6) is 1.97. The van der Waals surface area contributed by atoms with Gasteiger partial charge >= 0.3 is 0 Å². The first-order chi connectivity index (χ1) is 10.8. The van der Waals surface area contributed by atoms with Gasteiger partial charge in [0.15, 0.2) is 0 Å². The van der Waals surface area contributed by atoms with E-state index in [0.717, 1.165) is 12.3 Å². The molecule has 0 aromatic heterocycles. The van der Waals surface area contributed by atoms with E-state index in [-0.39, 0.29) is 11.7 Å². The molecule has 1 saturated heterocycles. The van der Waals surface area contributed by atoms with Crippen LogP contribution in [0.3, 0.4) is 0 Å². The summed E-state index contributed by atoms with van der Waals surface area (Å²) in [4.78, 5) is 0. The molecule has 0 amide bonds. The number of rotatable bonds is 2. The summed E-state index contributed by atoms with van der Waals surface area (Å²) in [5, 5.41) is 0. The van der Waals surface area contributed by atoms with E-state index < -0.39 is 0 Å². The molecule has 1 saturated carbocycles. The molecule has 22 heavy (non-hydrogen) atoms. The highest BCUT2D eigenvalue weighted by Crippen LogP contribution is 2.57. The van der Waals surface area contributed by atoms with Crippen molar-refractivity contribution in [2.75, 3.05) is 0 Å². The normalized spacial score (nSPS) is 39.3. The van der Waals surface area contributed by atoms with E-state index in [4.69, 9.17) is 4.74 Å². The van der Waals surface area contributed by atoms with Gasteiger partial charge in [0, 0.05) is 12.3 Å². The second-order valence-electron chi connectivity index (χ2n) is 7.37. The SMILES string of the molecule is C1=CC2C[C@]3(C4CC4)CC(c4ccccc4)=C[C@@H](O3)C2C=C1. The van der Waals surface area contributed by atoms with Gasteiger partial charge in [-0.25, -0.2) is 0 Å². The third-order valence-corrected chi connectivity index (χ3v) is 5.95. The number of benzene rings is 1. The van der Waals surface area contributed by atoms with E-state index in [1.807, 2.05) is 0 Å². The predicted molar refractivity (Wildman–Crippen MR) is 89.2 cm³/mol. The zero-order valence-corrected chi connectivity index (χ0v) is 12.8. The van der Waals surface area contributed by atoms with E-state index in [0.29, 0.717) is 11.8 Å². The van der Waals surface area contributed by atoms with Crippen molar-refractivity contribution in [2.24, 2.45) is 17.8 Å². The first-order valence-corrected chi connectivity index (χ1v) is 8.63. The third-order valence-electron chi connectivity index (χ3n) is 5.95. The van der Waals surface area contributed by atoms with Crippen molar-refractivity contribution < 1.29 is 4.74 Å². The van der Waals surface area contributed by atoms with Crippen molar-refractivity contribution >= 4 is 5.57 Å². The Kier molecular flexibility index (Phi) is 2.75. The molecule has 0 radical (unpaired) electrons. The van der Waals surface area contributed by atoms with Gasteiger partial charge in [0.25, 0.3) is 0 Å². The minimum Gasteiger partial charge on any atom is -0.366 e. The highest BCUT2D eigenvalue weighted by atomic mass is 16.5. The predicted octanol–water partition coefficient (Wildman–Crippen LogP) is 4.77. The fourth-order valence-corrected chi connectivity index (χ4v) is 4.73. The van der Waals surface area contributed by atoms with Gasteiger partial charge in [-0.3, -0.25) is 0 Å². The van der Waals surface area contributed by atoms with Crippen LogP contribution in [0.15, 0.2) is 60.7 Å². The van der Waals surface area contributed by atoms with Crippen LogP contribution in [-0.2, 0) is 4.74 Å². The second-order valence-corrected chi connectivity index (χ2v) is 7.37. The largest absolute Gasteiger partial charge is 0.366 e. The summed E-state index contributed by atoms with van der Waals surface area (Å²) in [5.41, 5.74) is 2.99. The summed E-state index contributed by atoms with van der Waals surface area (Å²) in [7, 11) is 0. The number of allylic oxidation sites excluding steroid dienone is 3. The van der Waals surface area contributed by atoms with Gasteiger partial charge in [-0.1, -0.05) is 60.7 Å². The molecule has 2 fully saturated rings. The van der Waals surface area contributed by atoms with Crippen LogP contribution >= 0.6 is 0 Å². The van der Waals surface area contributed by atoms with Crippen molar-refractivity contribution in [3.8, 4) is 0 Å². The first-order valence-electron chi connectivity index (χ1n) is 8.63. The van der Waals surface area contributed by atoms with Crippen LogP contribution in [0.1, 0.15) is 31.2 Å². The third kappa shape index (κ3) is 1.95. The highest BCUT2D eigenvalue weighted by Gasteiger charge is 2.55.